The molecule has 0 bridgehead atoms. The van der Waals surface area contributed by atoms with E-state index >= 15 is 0 Å². The average Bonchev–Trinajstić information content (AvgIpc) is 2.18. The zero-order valence-corrected chi connectivity index (χ0v) is 7.65. The summed E-state index contributed by atoms with van der Waals surface area (Å²) in [6.07, 6.45) is 0. The molecule has 0 spiro atoms. The van der Waals surface area contributed by atoms with Crippen molar-refractivity contribution in [1.29, 1.82) is 0 Å². The van der Waals surface area contributed by atoms with Crippen molar-refractivity contribution in [2.75, 3.05) is 14.2 Å². The zero-order valence-electron chi connectivity index (χ0n) is 7.65. The summed E-state index contributed by atoms with van der Waals surface area (Å²) < 4.78 is 5.03. The molecule has 70 valence electrons. The minimum Gasteiger partial charge on any atom is -0.497 e. The van der Waals surface area contributed by atoms with Crippen LogP contribution >= 0.6 is 0 Å². The molecule has 13 heavy (non-hydrogen) atoms. The summed E-state index contributed by atoms with van der Waals surface area (Å²) in [6, 6.07) is 7.30. The summed E-state index contributed by atoms with van der Waals surface area (Å²) >= 11 is 0. The number of hydrogen-bond donors (Lipinski definition) is 1. The van der Waals surface area contributed by atoms with Crippen LogP contribution in [0, 0.1) is 0 Å². The standard InChI is InChI=1S/C9H12N2O2/c1-12-8-5-3-4-7(6-8)9(10)11-13-2/h3-6H,1-2H3,(H2,10,11). The first-order valence-electron chi connectivity index (χ1n) is 3.79. The Hall–Kier alpha value is -1.71. The molecule has 0 atom stereocenters. The lowest BCUT2D eigenvalue weighted by Crippen LogP contribution is -2.13. The first-order chi connectivity index (χ1) is 6.27. The lowest BCUT2D eigenvalue weighted by Gasteiger charge is -2.02. The van der Waals surface area contributed by atoms with Gasteiger partial charge in [0.1, 0.15) is 12.9 Å². The number of hydrogen-bond acceptors (Lipinski definition) is 3. The van der Waals surface area contributed by atoms with Crippen LogP contribution in [-0.4, -0.2) is 20.1 Å². The summed E-state index contributed by atoms with van der Waals surface area (Å²) in [5, 5.41) is 3.61. The molecule has 0 aliphatic carbocycles. The number of methoxy groups -OCH3 is 1. The highest BCUT2D eigenvalue weighted by atomic mass is 16.6. The van der Waals surface area contributed by atoms with E-state index in [1.165, 1.54) is 7.11 Å². The summed E-state index contributed by atoms with van der Waals surface area (Å²) in [4.78, 5) is 4.55. The Morgan fingerprint density at radius 1 is 1.38 bits per heavy atom. The molecule has 0 unspecified atom stereocenters. The lowest BCUT2D eigenvalue weighted by molar-refractivity contribution is 0.213. The Balaban J connectivity index is 2.94. The maximum atomic E-state index is 5.60. The first-order valence-corrected chi connectivity index (χ1v) is 3.79. The van der Waals surface area contributed by atoms with E-state index < -0.39 is 0 Å². The molecule has 0 aliphatic rings. The second-order valence-corrected chi connectivity index (χ2v) is 2.39. The van der Waals surface area contributed by atoms with E-state index in [0.717, 1.165) is 11.3 Å². The topological polar surface area (TPSA) is 56.8 Å². The van der Waals surface area contributed by atoms with E-state index in [1.807, 2.05) is 18.2 Å². The van der Waals surface area contributed by atoms with Gasteiger partial charge in [0.2, 0.25) is 0 Å². The molecule has 0 radical (unpaired) electrons. The van der Waals surface area contributed by atoms with E-state index in [2.05, 4.69) is 9.99 Å². The minimum atomic E-state index is 0.335. The maximum absolute atomic E-state index is 5.60. The summed E-state index contributed by atoms with van der Waals surface area (Å²) in [5.74, 6) is 1.08. The molecule has 1 aromatic carbocycles. The maximum Gasteiger partial charge on any atom is 0.170 e. The van der Waals surface area contributed by atoms with Crippen LogP contribution in [0.2, 0.25) is 0 Å². The highest BCUT2D eigenvalue weighted by molar-refractivity contribution is 5.97. The van der Waals surface area contributed by atoms with Gasteiger partial charge in [-0.3, -0.25) is 0 Å². The highest BCUT2D eigenvalue weighted by Gasteiger charge is 1.99. The molecule has 4 nitrogen and oxygen atoms in total. The Bertz CT molecular complexity index is 310. The minimum absolute atomic E-state index is 0.335. The third kappa shape index (κ3) is 2.37. The van der Waals surface area contributed by atoms with Gasteiger partial charge in [-0.25, -0.2) is 0 Å². The second kappa shape index (κ2) is 4.35. The molecule has 0 amide bonds. The van der Waals surface area contributed by atoms with Gasteiger partial charge in [-0.1, -0.05) is 17.3 Å². The Kier molecular flexibility index (Phi) is 3.14. The van der Waals surface area contributed by atoms with E-state index in [1.54, 1.807) is 13.2 Å². The van der Waals surface area contributed by atoms with Gasteiger partial charge < -0.3 is 15.3 Å². The normalized spacial score (nSPS) is 11.1. The molecule has 0 heterocycles. The van der Waals surface area contributed by atoms with Crippen LogP contribution in [0.4, 0.5) is 0 Å². The Morgan fingerprint density at radius 3 is 2.77 bits per heavy atom. The van der Waals surface area contributed by atoms with Crippen molar-refractivity contribution in [2.45, 2.75) is 0 Å². The molecule has 0 aliphatic heterocycles. The number of nitrogens with two attached hydrogens (primary N) is 1. The summed E-state index contributed by atoms with van der Waals surface area (Å²) in [7, 11) is 3.05. The molecule has 1 aromatic rings. The van der Waals surface area contributed by atoms with Gasteiger partial charge in [0.25, 0.3) is 0 Å². The number of amidine groups is 1. The van der Waals surface area contributed by atoms with Crippen LogP contribution < -0.4 is 10.5 Å². The molecule has 1 rings (SSSR count). The number of rotatable bonds is 3. The Labute approximate surface area is 76.9 Å². The lowest BCUT2D eigenvalue weighted by atomic mass is 10.2. The highest BCUT2D eigenvalue weighted by Crippen LogP contribution is 2.11. The van der Waals surface area contributed by atoms with E-state index in [0.29, 0.717) is 5.84 Å². The summed E-state index contributed by atoms with van der Waals surface area (Å²) in [6.45, 7) is 0. The molecule has 0 saturated heterocycles. The molecule has 0 fully saturated rings. The van der Waals surface area contributed by atoms with Crippen molar-refractivity contribution >= 4 is 5.84 Å². The first kappa shape index (κ1) is 9.38. The van der Waals surface area contributed by atoms with Crippen LogP contribution in [0.3, 0.4) is 0 Å². The molecule has 4 heteroatoms. The van der Waals surface area contributed by atoms with Crippen molar-refractivity contribution in [3.63, 3.8) is 0 Å². The van der Waals surface area contributed by atoms with Crippen LogP contribution in [0.5, 0.6) is 5.75 Å². The Morgan fingerprint density at radius 2 is 2.15 bits per heavy atom. The van der Waals surface area contributed by atoms with Gasteiger partial charge in [0.05, 0.1) is 7.11 Å². The van der Waals surface area contributed by atoms with Gasteiger partial charge in [-0.2, -0.15) is 0 Å². The van der Waals surface area contributed by atoms with Crippen molar-refractivity contribution < 1.29 is 9.57 Å². The third-order valence-electron chi connectivity index (χ3n) is 1.56. The van der Waals surface area contributed by atoms with Crippen LogP contribution in [0.1, 0.15) is 5.56 Å². The fraction of sp³-hybridized carbons (Fsp3) is 0.222. The van der Waals surface area contributed by atoms with Crippen LogP contribution in [0.25, 0.3) is 0 Å². The molecular formula is C9H12N2O2. The monoisotopic (exact) mass is 180 g/mol. The zero-order chi connectivity index (χ0) is 9.68. The van der Waals surface area contributed by atoms with Gasteiger partial charge in [-0.15, -0.1) is 0 Å². The quantitative estimate of drug-likeness (QED) is 0.428. The molecule has 0 aromatic heterocycles. The van der Waals surface area contributed by atoms with Gasteiger partial charge in [0, 0.05) is 5.56 Å². The van der Waals surface area contributed by atoms with Crippen molar-refractivity contribution in [3.8, 4) is 5.75 Å². The predicted octanol–water partition coefficient (Wildman–Crippen LogP) is 0.962. The van der Waals surface area contributed by atoms with Crippen molar-refractivity contribution in [3.05, 3.63) is 29.8 Å². The number of ether oxygens (including phenoxy) is 1. The fourth-order valence-electron chi connectivity index (χ4n) is 0.933. The van der Waals surface area contributed by atoms with Crippen molar-refractivity contribution in [2.24, 2.45) is 10.9 Å². The number of oxime groups is 1. The van der Waals surface area contributed by atoms with E-state index in [-0.39, 0.29) is 0 Å². The van der Waals surface area contributed by atoms with Crippen molar-refractivity contribution in [1.82, 2.24) is 0 Å². The van der Waals surface area contributed by atoms with Gasteiger partial charge in [-0.05, 0) is 12.1 Å². The van der Waals surface area contributed by atoms with Crippen LogP contribution in [0.15, 0.2) is 29.4 Å². The number of nitrogens with zero attached hydrogens (tertiary/aromatic N) is 1. The number of benzene rings is 1. The third-order valence-corrected chi connectivity index (χ3v) is 1.56. The largest absolute Gasteiger partial charge is 0.497 e. The fourth-order valence-corrected chi connectivity index (χ4v) is 0.933. The second-order valence-electron chi connectivity index (χ2n) is 2.39. The van der Waals surface area contributed by atoms with Gasteiger partial charge >= 0.3 is 0 Å². The van der Waals surface area contributed by atoms with Crippen LogP contribution in [-0.2, 0) is 4.84 Å². The average molecular weight is 180 g/mol. The predicted molar refractivity (Wildman–Crippen MR) is 50.7 cm³/mol. The smallest absolute Gasteiger partial charge is 0.170 e. The van der Waals surface area contributed by atoms with Gasteiger partial charge in [0.15, 0.2) is 5.84 Å². The van der Waals surface area contributed by atoms with E-state index in [4.69, 9.17) is 10.5 Å². The molecular weight excluding hydrogens is 168 g/mol. The summed E-state index contributed by atoms with van der Waals surface area (Å²) in [5.41, 5.74) is 6.38. The SMILES string of the molecule is CO/N=C(\N)c1cccc(OC)c1. The molecule has 0 saturated carbocycles. The van der Waals surface area contributed by atoms with E-state index in [9.17, 15) is 0 Å². The molecule has 2 N–H and O–H groups in total.